The first-order chi connectivity index (χ1) is 18.1. The molecule has 0 spiro atoms. The number of pyridine rings is 2. The summed E-state index contributed by atoms with van der Waals surface area (Å²) in [4.78, 5) is 36.0. The van der Waals surface area contributed by atoms with Crippen molar-refractivity contribution >= 4 is 17.1 Å². The molecule has 0 saturated carbocycles. The Kier molecular flexibility index (Phi) is 5.86. The van der Waals surface area contributed by atoms with Gasteiger partial charge < -0.3 is 5.11 Å². The Hall–Kier alpha value is -4.56. The highest BCUT2D eigenvalue weighted by Crippen LogP contribution is 2.27. The molecule has 184 valence electrons. The summed E-state index contributed by atoms with van der Waals surface area (Å²) in [5.41, 5.74) is 5.36. The van der Waals surface area contributed by atoms with Crippen molar-refractivity contribution < 1.29 is 9.90 Å². The number of carbonyl (C=O) groups is 1. The predicted molar refractivity (Wildman–Crippen MR) is 141 cm³/mol. The van der Waals surface area contributed by atoms with Gasteiger partial charge in [-0.05, 0) is 53.9 Å². The van der Waals surface area contributed by atoms with Crippen LogP contribution in [-0.2, 0) is 6.54 Å². The van der Waals surface area contributed by atoms with Crippen LogP contribution in [0, 0.1) is 0 Å². The zero-order valence-corrected chi connectivity index (χ0v) is 20.1. The van der Waals surface area contributed by atoms with Crippen LogP contribution in [0.1, 0.15) is 28.5 Å². The van der Waals surface area contributed by atoms with Crippen LogP contribution in [0.25, 0.3) is 28.0 Å². The Labute approximate surface area is 213 Å². The summed E-state index contributed by atoms with van der Waals surface area (Å²) in [6.45, 7) is 2.09. The molecule has 8 heteroatoms. The average Bonchev–Trinajstić information content (AvgIpc) is 3.50. The van der Waals surface area contributed by atoms with Gasteiger partial charge >= 0.3 is 11.7 Å². The van der Waals surface area contributed by atoms with Crippen molar-refractivity contribution in [2.24, 2.45) is 0 Å². The number of aromatic carboxylic acids is 1. The molecule has 1 saturated heterocycles. The van der Waals surface area contributed by atoms with E-state index in [-0.39, 0.29) is 17.3 Å². The number of rotatable bonds is 6. The standard InChI is InChI=1S/C29H25N5O3/c35-28(36)22-8-11-23(31-17-22)18-32-16-14-25(19-32)34-27-26(7-4-15-30-27)33(29(34)37)24-12-9-21(10-13-24)20-5-2-1-3-6-20/h1-13,15,17,25H,14,16,18-19H2,(H,35,36)/t25-/m0/s1. The van der Waals surface area contributed by atoms with Gasteiger partial charge in [0.25, 0.3) is 0 Å². The molecule has 0 aliphatic carbocycles. The summed E-state index contributed by atoms with van der Waals surface area (Å²) in [7, 11) is 0. The van der Waals surface area contributed by atoms with Crippen LogP contribution in [-0.4, -0.2) is 48.2 Å². The van der Waals surface area contributed by atoms with Crippen LogP contribution < -0.4 is 5.69 Å². The van der Waals surface area contributed by atoms with Gasteiger partial charge in [0.1, 0.15) is 0 Å². The monoisotopic (exact) mass is 491 g/mol. The third kappa shape index (κ3) is 4.32. The highest BCUT2D eigenvalue weighted by atomic mass is 16.4. The Morgan fingerprint density at radius 3 is 2.43 bits per heavy atom. The van der Waals surface area contributed by atoms with Crippen molar-refractivity contribution in [3.63, 3.8) is 0 Å². The predicted octanol–water partition coefficient (Wildman–Crippen LogP) is 4.39. The zero-order valence-electron chi connectivity index (χ0n) is 20.1. The second-order valence-corrected chi connectivity index (χ2v) is 9.27. The fraction of sp³-hybridized carbons (Fsp3) is 0.172. The number of aromatic nitrogens is 4. The summed E-state index contributed by atoms with van der Waals surface area (Å²) in [6.07, 6.45) is 3.92. The molecule has 2 aromatic carbocycles. The quantitative estimate of drug-likeness (QED) is 0.379. The van der Waals surface area contributed by atoms with Gasteiger partial charge in [-0.3, -0.25) is 19.0 Å². The van der Waals surface area contributed by atoms with Gasteiger partial charge in [-0.2, -0.15) is 0 Å². The van der Waals surface area contributed by atoms with E-state index in [0.717, 1.165) is 41.0 Å². The Morgan fingerprint density at radius 2 is 1.70 bits per heavy atom. The van der Waals surface area contributed by atoms with Crippen LogP contribution in [0.2, 0.25) is 0 Å². The molecule has 1 atom stereocenters. The first-order valence-corrected chi connectivity index (χ1v) is 12.2. The number of fused-ring (bicyclic) bond motifs is 1. The van der Waals surface area contributed by atoms with Crippen molar-refractivity contribution in [1.82, 2.24) is 24.0 Å². The van der Waals surface area contributed by atoms with E-state index in [0.29, 0.717) is 18.7 Å². The van der Waals surface area contributed by atoms with Gasteiger partial charge in [0.2, 0.25) is 0 Å². The molecule has 37 heavy (non-hydrogen) atoms. The number of benzene rings is 2. The molecule has 3 aromatic heterocycles. The molecule has 5 aromatic rings. The SMILES string of the molecule is O=C(O)c1ccc(CN2CC[C@H](n3c(=O)n(-c4ccc(-c5ccccc5)cc4)c4cccnc43)C2)nc1. The lowest BCUT2D eigenvalue weighted by Crippen LogP contribution is -2.29. The molecule has 1 aliphatic rings. The maximum absolute atomic E-state index is 13.8. The van der Waals surface area contributed by atoms with E-state index >= 15 is 0 Å². The maximum Gasteiger partial charge on any atom is 0.337 e. The molecule has 1 fully saturated rings. The molecule has 4 heterocycles. The number of hydrogen-bond acceptors (Lipinski definition) is 5. The number of imidazole rings is 1. The summed E-state index contributed by atoms with van der Waals surface area (Å²) in [6, 6.07) is 25.3. The number of hydrogen-bond donors (Lipinski definition) is 1. The average molecular weight is 492 g/mol. The van der Waals surface area contributed by atoms with Crippen molar-refractivity contribution in [3.8, 4) is 16.8 Å². The number of carboxylic acid groups (broad SMARTS) is 1. The Balaban J connectivity index is 1.29. The second kappa shape index (κ2) is 9.48. The summed E-state index contributed by atoms with van der Waals surface area (Å²) in [5.74, 6) is -0.988. The van der Waals surface area contributed by atoms with Crippen LogP contribution >= 0.6 is 0 Å². The van der Waals surface area contributed by atoms with E-state index in [9.17, 15) is 9.59 Å². The molecule has 1 N–H and O–H groups in total. The highest BCUT2D eigenvalue weighted by molar-refractivity contribution is 5.87. The summed E-state index contributed by atoms with van der Waals surface area (Å²) < 4.78 is 3.56. The van der Waals surface area contributed by atoms with Gasteiger partial charge in [-0.15, -0.1) is 0 Å². The van der Waals surface area contributed by atoms with Gasteiger partial charge in [-0.1, -0.05) is 42.5 Å². The van der Waals surface area contributed by atoms with E-state index in [4.69, 9.17) is 5.11 Å². The number of nitrogens with zero attached hydrogens (tertiary/aromatic N) is 5. The first-order valence-electron chi connectivity index (χ1n) is 12.2. The molecule has 1 aliphatic heterocycles. The van der Waals surface area contributed by atoms with Gasteiger partial charge in [-0.25, -0.2) is 14.6 Å². The Bertz CT molecular complexity index is 1620. The topological polar surface area (TPSA) is 93.2 Å². The van der Waals surface area contributed by atoms with Crippen LogP contribution in [0.5, 0.6) is 0 Å². The van der Waals surface area contributed by atoms with Crippen LogP contribution in [0.15, 0.2) is 96.1 Å². The normalized spacial score (nSPS) is 15.8. The highest BCUT2D eigenvalue weighted by Gasteiger charge is 2.29. The Morgan fingerprint density at radius 1 is 0.919 bits per heavy atom. The van der Waals surface area contributed by atoms with Crippen molar-refractivity contribution in [1.29, 1.82) is 0 Å². The molecule has 0 amide bonds. The van der Waals surface area contributed by atoms with Crippen molar-refractivity contribution in [2.45, 2.75) is 19.0 Å². The second-order valence-electron chi connectivity index (χ2n) is 9.27. The minimum Gasteiger partial charge on any atom is -0.478 e. The maximum atomic E-state index is 13.8. The third-order valence-corrected chi connectivity index (χ3v) is 6.94. The summed E-state index contributed by atoms with van der Waals surface area (Å²) >= 11 is 0. The largest absolute Gasteiger partial charge is 0.478 e. The smallest absolute Gasteiger partial charge is 0.337 e. The van der Waals surface area contributed by atoms with E-state index < -0.39 is 5.97 Å². The lowest BCUT2D eigenvalue weighted by atomic mass is 10.1. The van der Waals surface area contributed by atoms with E-state index in [2.05, 4.69) is 27.0 Å². The van der Waals surface area contributed by atoms with Crippen LogP contribution in [0.3, 0.4) is 0 Å². The molecular formula is C29H25N5O3. The van der Waals surface area contributed by atoms with Gasteiger partial charge in [0.15, 0.2) is 5.65 Å². The first kappa shape index (κ1) is 22.9. The molecule has 6 rings (SSSR count). The van der Waals surface area contributed by atoms with E-state index in [1.165, 1.54) is 6.20 Å². The van der Waals surface area contributed by atoms with Gasteiger partial charge in [0.05, 0.1) is 28.5 Å². The fourth-order valence-corrected chi connectivity index (χ4v) is 5.10. The molecule has 0 unspecified atom stereocenters. The van der Waals surface area contributed by atoms with Crippen molar-refractivity contribution in [2.75, 3.05) is 13.1 Å². The minimum absolute atomic E-state index is 0.0203. The van der Waals surface area contributed by atoms with E-state index in [1.807, 2.05) is 59.2 Å². The van der Waals surface area contributed by atoms with Crippen molar-refractivity contribution in [3.05, 3.63) is 113 Å². The lowest BCUT2D eigenvalue weighted by Gasteiger charge is -2.16. The number of carboxylic acids is 1. The number of likely N-dealkylation sites (tertiary alicyclic amines) is 1. The zero-order chi connectivity index (χ0) is 25.4. The minimum atomic E-state index is -0.988. The van der Waals surface area contributed by atoms with Crippen LogP contribution in [0.4, 0.5) is 0 Å². The lowest BCUT2D eigenvalue weighted by molar-refractivity contribution is 0.0696. The van der Waals surface area contributed by atoms with Gasteiger partial charge in [0, 0.05) is 32.0 Å². The third-order valence-electron chi connectivity index (χ3n) is 6.94. The molecule has 8 nitrogen and oxygen atoms in total. The molecule has 0 bridgehead atoms. The molecular weight excluding hydrogens is 466 g/mol. The fourth-order valence-electron chi connectivity index (χ4n) is 5.10. The van der Waals surface area contributed by atoms with E-state index in [1.54, 1.807) is 22.9 Å². The summed E-state index contributed by atoms with van der Waals surface area (Å²) in [5, 5.41) is 9.09. The molecule has 0 radical (unpaired) electrons.